The van der Waals surface area contributed by atoms with E-state index in [0.717, 1.165) is 35.5 Å². The first kappa shape index (κ1) is 19.8. The topological polar surface area (TPSA) is 48.5 Å². The molecule has 0 saturated carbocycles. The molecule has 0 fully saturated rings. The average Bonchev–Trinajstić information content (AvgIpc) is 3.17. The minimum Gasteiger partial charge on any atom is -0.491 e. The molecule has 0 bridgehead atoms. The molecule has 1 aliphatic heterocycles. The number of nitrogens with zero attached hydrogens (tertiary/aromatic N) is 1. The van der Waals surface area contributed by atoms with Crippen molar-refractivity contribution in [2.24, 2.45) is 0 Å². The zero-order valence-corrected chi connectivity index (χ0v) is 17.2. The third kappa shape index (κ3) is 3.82. The summed E-state index contributed by atoms with van der Waals surface area (Å²) >= 11 is 0. The maximum Gasteiger partial charge on any atom is 0.128 e. The van der Waals surface area contributed by atoms with Crippen molar-refractivity contribution < 1.29 is 14.2 Å². The summed E-state index contributed by atoms with van der Waals surface area (Å²) < 4.78 is 20.5. The van der Waals surface area contributed by atoms with E-state index in [2.05, 4.69) is 34.1 Å². The lowest BCUT2D eigenvalue weighted by molar-refractivity contribution is 0.195. The van der Waals surface area contributed by atoms with Gasteiger partial charge in [0, 0.05) is 35.2 Å². The predicted octanol–water partition coefficient (Wildman–Crippen LogP) is 4.83. The van der Waals surface area contributed by atoms with Crippen molar-refractivity contribution >= 4 is 10.9 Å². The summed E-state index contributed by atoms with van der Waals surface area (Å²) in [5, 5.41) is 10.2. The van der Waals surface area contributed by atoms with Gasteiger partial charge in [-0.2, -0.15) is 0 Å². The van der Waals surface area contributed by atoms with Crippen molar-refractivity contribution in [3.63, 3.8) is 0 Å². The Morgan fingerprint density at radius 1 is 1.03 bits per heavy atom. The van der Waals surface area contributed by atoms with Gasteiger partial charge in [0.1, 0.15) is 18.2 Å². The van der Waals surface area contributed by atoms with Crippen molar-refractivity contribution in [3.05, 3.63) is 101 Å². The molecule has 5 heteroatoms. The molecule has 0 amide bonds. The van der Waals surface area contributed by atoms with Crippen molar-refractivity contribution in [2.75, 3.05) is 19.8 Å². The summed E-state index contributed by atoms with van der Waals surface area (Å²) in [6.07, 6.45) is 0.908. The van der Waals surface area contributed by atoms with Gasteiger partial charge in [-0.1, -0.05) is 48.5 Å². The van der Waals surface area contributed by atoms with E-state index in [0.29, 0.717) is 12.1 Å². The van der Waals surface area contributed by atoms with Crippen LogP contribution in [0.25, 0.3) is 10.9 Å². The van der Waals surface area contributed by atoms with Crippen LogP contribution in [0, 0.1) is 5.82 Å². The summed E-state index contributed by atoms with van der Waals surface area (Å²) in [6.45, 7) is 1.75. The first-order valence-corrected chi connectivity index (χ1v) is 10.6. The first-order chi connectivity index (χ1) is 15.2. The molecule has 158 valence electrons. The zero-order valence-electron chi connectivity index (χ0n) is 17.2. The second-order valence-electron chi connectivity index (χ2n) is 7.93. The third-order valence-corrected chi connectivity index (χ3v) is 5.98. The van der Waals surface area contributed by atoms with E-state index in [-0.39, 0.29) is 25.1 Å². The van der Waals surface area contributed by atoms with E-state index in [9.17, 15) is 4.39 Å². The van der Waals surface area contributed by atoms with Gasteiger partial charge in [0.05, 0.1) is 12.6 Å². The number of ether oxygens (including phenoxy) is 1. The fourth-order valence-corrected chi connectivity index (χ4v) is 4.64. The van der Waals surface area contributed by atoms with Gasteiger partial charge in [0.2, 0.25) is 0 Å². The molecule has 4 nitrogen and oxygen atoms in total. The van der Waals surface area contributed by atoms with Gasteiger partial charge >= 0.3 is 0 Å². The summed E-state index contributed by atoms with van der Waals surface area (Å²) in [5.74, 6) is 0.543. The number of nitrogens with one attached hydrogen (secondary N) is 1. The highest BCUT2D eigenvalue weighted by atomic mass is 19.1. The molecule has 0 saturated heterocycles. The fraction of sp³-hybridized carbons (Fsp3) is 0.231. The Morgan fingerprint density at radius 2 is 1.87 bits per heavy atom. The number of aliphatic hydroxyl groups excluding tert-OH is 1. The molecule has 5 rings (SSSR count). The summed E-state index contributed by atoms with van der Waals surface area (Å²) in [7, 11) is 0. The Kier molecular flexibility index (Phi) is 5.45. The van der Waals surface area contributed by atoms with Crippen LogP contribution >= 0.6 is 0 Å². The highest BCUT2D eigenvalue weighted by molar-refractivity contribution is 5.85. The van der Waals surface area contributed by atoms with Gasteiger partial charge in [-0.25, -0.2) is 4.39 Å². The molecule has 0 aliphatic carbocycles. The van der Waals surface area contributed by atoms with Crippen LogP contribution in [0.1, 0.15) is 28.4 Å². The SMILES string of the molecule is OCCOc1cccc(CN2CCc3c([nH]c4ccccc34)[C@@H]2c2ccccc2F)c1. The van der Waals surface area contributed by atoms with Crippen LogP contribution in [-0.2, 0) is 13.0 Å². The molecular weight excluding hydrogens is 391 g/mol. The van der Waals surface area contributed by atoms with E-state index in [1.54, 1.807) is 6.07 Å². The minimum atomic E-state index is -0.195. The Bertz CT molecular complexity index is 1200. The Morgan fingerprint density at radius 3 is 2.74 bits per heavy atom. The Hall–Kier alpha value is -3.15. The minimum absolute atomic E-state index is 0.0190. The van der Waals surface area contributed by atoms with Crippen LogP contribution in [0.4, 0.5) is 4.39 Å². The number of hydrogen-bond acceptors (Lipinski definition) is 3. The molecule has 0 spiro atoms. The van der Waals surface area contributed by atoms with Gasteiger partial charge < -0.3 is 14.8 Å². The van der Waals surface area contributed by atoms with Gasteiger partial charge in [0.15, 0.2) is 0 Å². The summed E-state index contributed by atoms with van der Waals surface area (Å²) in [4.78, 5) is 5.91. The maximum atomic E-state index is 15.0. The normalized spacial score (nSPS) is 16.4. The highest BCUT2D eigenvalue weighted by Gasteiger charge is 2.33. The summed E-state index contributed by atoms with van der Waals surface area (Å²) in [5.41, 5.74) is 5.22. The van der Waals surface area contributed by atoms with Crippen LogP contribution in [-0.4, -0.2) is 34.7 Å². The smallest absolute Gasteiger partial charge is 0.128 e. The standard InChI is InChI=1S/C26H25FN2O2/c27-23-10-3-1-9-22(23)26-25-21(20-8-2-4-11-24(20)28-25)12-13-29(26)17-18-6-5-7-19(16-18)31-15-14-30/h1-11,16,26,28,30H,12-15,17H2/t26-/m0/s1. The molecule has 2 heterocycles. The number of aliphatic hydroxyl groups is 1. The van der Waals surface area contributed by atoms with Crippen LogP contribution < -0.4 is 4.74 Å². The lowest BCUT2D eigenvalue weighted by atomic mass is 9.91. The van der Waals surface area contributed by atoms with E-state index < -0.39 is 0 Å². The quantitative estimate of drug-likeness (QED) is 0.474. The Balaban J connectivity index is 1.55. The van der Waals surface area contributed by atoms with Gasteiger partial charge in [-0.3, -0.25) is 4.90 Å². The van der Waals surface area contributed by atoms with Gasteiger partial charge in [-0.05, 0) is 41.8 Å². The second kappa shape index (κ2) is 8.53. The molecule has 31 heavy (non-hydrogen) atoms. The number of hydrogen-bond donors (Lipinski definition) is 2. The molecule has 1 aliphatic rings. The Labute approximate surface area is 180 Å². The third-order valence-electron chi connectivity index (χ3n) is 5.98. The maximum absolute atomic E-state index is 15.0. The number of para-hydroxylation sites is 1. The number of aromatic amines is 1. The van der Waals surface area contributed by atoms with Crippen molar-refractivity contribution in [3.8, 4) is 5.75 Å². The molecular formula is C26H25FN2O2. The summed E-state index contributed by atoms with van der Waals surface area (Å²) in [6, 6.07) is 23.1. The van der Waals surface area contributed by atoms with E-state index in [1.165, 1.54) is 17.0 Å². The van der Waals surface area contributed by atoms with Crippen LogP contribution in [0.2, 0.25) is 0 Å². The molecule has 0 radical (unpaired) electrons. The first-order valence-electron chi connectivity index (χ1n) is 10.6. The molecule has 4 aromatic rings. The second-order valence-corrected chi connectivity index (χ2v) is 7.93. The van der Waals surface area contributed by atoms with Crippen LogP contribution in [0.15, 0.2) is 72.8 Å². The fourth-order valence-electron chi connectivity index (χ4n) is 4.64. The molecule has 1 atom stereocenters. The van der Waals surface area contributed by atoms with E-state index in [1.807, 2.05) is 36.4 Å². The van der Waals surface area contributed by atoms with Crippen LogP contribution in [0.5, 0.6) is 5.75 Å². The van der Waals surface area contributed by atoms with E-state index in [4.69, 9.17) is 9.84 Å². The predicted molar refractivity (Wildman–Crippen MR) is 120 cm³/mol. The molecule has 3 aromatic carbocycles. The van der Waals surface area contributed by atoms with E-state index >= 15 is 0 Å². The van der Waals surface area contributed by atoms with Crippen molar-refractivity contribution in [1.29, 1.82) is 0 Å². The highest BCUT2D eigenvalue weighted by Crippen LogP contribution is 2.40. The lowest BCUT2D eigenvalue weighted by Crippen LogP contribution is -2.36. The monoisotopic (exact) mass is 416 g/mol. The van der Waals surface area contributed by atoms with Crippen LogP contribution in [0.3, 0.4) is 0 Å². The number of benzene rings is 3. The molecule has 1 aromatic heterocycles. The lowest BCUT2D eigenvalue weighted by Gasteiger charge is -2.36. The number of rotatable bonds is 6. The molecule has 0 unspecified atom stereocenters. The number of halogens is 1. The number of aromatic nitrogens is 1. The van der Waals surface area contributed by atoms with Crippen molar-refractivity contribution in [1.82, 2.24) is 9.88 Å². The molecule has 2 N–H and O–H groups in total. The van der Waals surface area contributed by atoms with Crippen molar-refractivity contribution in [2.45, 2.75) is 19.0 Å². The van der Waals surface area contributed by atoms with Gasteiger partial charge in [0.25, 0.3) is 0 Å². The largest absolute Gasteiger partial charge is 0.491 e. The van der Waals surface area contributed by atoms with Gasteiger partial charge in [-0.15, -0.1) is 0 Å². The number of H-pyrrole nitrogens is 1. The number of fused-ring (bicyclic) bond motifs is 3. The average molecular weight is 416 g/mol. The zero-order chi connectivity index (χ0) is 21.2.